The van der Waals surface area contributed by atoms with Crippen LogP contribution in [-0.4, -0.2) is 37.1 Å². The maximum atomic E-state index is 4.59. The van der Waals surface area contributed by atoms with Crippen LogP contribution in [0.5, 0.6) is 0 Å². The van der Waals surface area contributed by atoms with Crippen LogP contribution in [0.25, 0.3) is 0 Å². The van der Waals surface area contributed by atoms with Crippen LogP contribution in [-0.2, 0) is 6.54 Å². The van der Waals surface area contributed by atoms with Gasteiger partial charge in [-0.3, -0.25) is 0 Å². The van der Waals surface area contributed by atoms with Crippen molar-refractivity contribution < 1.29 is 0 Å². The lowest BCUT2D eigenvalue weighted by Gasteiger charge is -2.17. The van der Waals surface area contributed by atoms with Gasteiger partial charge in [-0.05, 0) is 20.0 Å². The molecule has 1 aromatic rings. The fourth-order valence-electron chi connectivity index (χ4n) is 1.82. The van der Waals surface area contributed by atoms with Crippen molar-refractivity contribution in [3.63, 3.8) is 0 Å². The summed E-state index contributed by atoms with van der Waals surface area (Å²) in [7, 11) is 4.27. The minimum Gasteiger partial charge on any atom is -0.358 e. The number of anilines is 1. The normalized spacial score (nSPS) is 17.8. The van der Waals surface area contributed by atoms with Gasteiger partial charge in [0.2, 0.25) is 0 Å². The van der Waals surface area contributed by atoms with Gasteiger partial charge in [0.05, 0.1) is 0 Å². The standard InChI is InChI=1S/C11H17N3/c1-9-4-5-10-8-13(2)6-7-14(3)11(10)12-9/h4-5H,6-8H2,1-3H3. The highest BCUT2D eigenvalue weighted by Crippen LogP contribution is 2.21. The summed E-state index contributed by atoms with van der Waals surface area (Å²) in [6.07, 6.45) is 0. The number of hydrogen-bond donors (Lipinski definition) is 0. The number of likely N-dealkylation sites (N-methyl/N-ethyl adjacent to an activating group) is 2. The van der Waals surface area contributed by atoms with Crippen LogP contribution in [0.2, 0.25) is 0 Å². The van der Waals surface area contributed by atoms with Crippen molar-refractivity contribution in [3.05, 3.63) is 23.4 Å². The molecule has 0 spiro atoms. The molecule has 0 saturated carbocycles. The maximum absolute atomic E-state index is 4.59. The third kappa shape index (κ3) is 1.73. The van der Waals surface area contributed by atoms with Gasteiger partial charge < -0.3 is 9.80 Å². The van der Waals surface area contributed by atoms with Crippen LogP contribution in [0.15, 0.2) is 12.1 Å². The zero-order chi connectivity index (χ0) is 10.1. The van der Waals surface area contributed by atoms with Gasteiger partial charge in [0.1, 0.15) is 5.82 Å². The average Bonchev–Trinajstić information content (AvgIpc) is 2.29. The smallest absolute Gasteiger partial charge is 0.133 e. The van der Waals surface area contributed by atoms with E-state index in [2.05, 4.69) is 41.0 Å². The third-order valence-corrected chi connectivity index (χ3v) is 2.71. The highest BCUT2D eigenvalue weighted by Gasteiger charge is 2.15. The minimum atomic E-state index is 1.01. The van der Waals surface area contributed by atoms with Gasteiger partial charge in [-0.15, -0.1) is 0 Å². The van der Waals surface area contributed by atoms with Crippen molar-refractivity contribution in [1.82, 2.24) is 9.88 Å². The first-order chi connectivity index (χ1) is 6.66. The maximum Gasteiger partial charge on any atom is 0.133 e. The predicted molar refractivity (Wildman–Crippen MR) is 58.6 cm³/mol. The first kappa shape index (κ1) is 9.46. The second-order valence-electron chi connectivity index (χ2n) is 4.09. The summed E-state index contributed by atoms with van der Waals surface area (Å²) in [5.74, 6) is 1.15. The van der Waals surface area contributed by atoms with Crippen molar-refractivity contribution >= 4 is 5.82 Å². The van der Waals surface area contributed by atoms with Gasteiger partial charge in [-0.1, -0.05) is 6.07 Å². The van der Waals surface area contributed by atoms with Crippen LogP contribution in [0.3, 0.4) is 0 Å². The van der Waals surface area contributed by atoms with Gasteiger partial charge in [0, 0.05) is 37.9 Å². The van der Waals surface area contributed by atoms with Crippen molar-refractivity contribution in [2.75, 3.05) is 32.1 Å². The van der Waals surface area contributed by atoms with Gasteiger partial charge >= 0.3 is 0 Å². The van der Waals surface area contributed by atoms with E-state index in [1.807, 2.05) is 6.92 Å². The quantitative estimate of drug-likeness (QED) is 0.615. The summed E-state index contributed by atoms with van der Waals surface area (Å²) in [5, 5.41) is 0. The zero-order valence-electron chi connectivity index (χ0n) is 9.12. The van der Waals surface area contributed by atoms with Gasteiger partial charge in [0.15, 0.2) is 0 Å². The van der Waals surface area contributed by atoms with Crippen molar-refractivity contribution in [1.29, 1.82) is 0 Å². The van der Waals surface area contributed by atoms with Crippen LogP contribution in [0, 0.1) is 6.92 Å². The Labute approximate surface area is 85.4 Å². The lowest BCUT2D eigenvalue weighted by Crippen LogP contribution is -2.26. The Bertz CT molecular complexity index is 335. The lowest BCUT2D eigenvalue weighted by molar-refractivity contribution is 0.342. The highest BCUT2D eigenvalue weighted by atomic mass is 15.2. The number of nitrogens with zero attached hydrogens (tertiary/aromatic N) is 3. The molecule has 0 fully saturated rings. The Kier molecular flexibility index (Phi) is 2.42. The first-order valence-electron chi connectivity index (χ1n) is 5.03. The van der Waals surface area contributed by atoms with E-state index in [-0.39, 0.29) is 0 Å². The van der Waals surface area contributed by atoms with E-state index in [4.69, 9.17) is 0 Å². The molecule has 1 aromatic heterocycles. The van der Waals surface area contributed by atoms with Gasteiger partial charge in [0.25, 0.3) is 0 Å². The molecule has 3 nitrogen and oxygen atoms in total. The Hall–Kier alpha value is -1.09. The molecule has 0 N–H and O–H groups in total. The second-order valence-corrected chi connectivity index (χ2v) is 4.09. The first-order valence-corrected chi connectivity index (χ1v) is 5.03. The molecule has 1 aliphatic heterocycles. The van der Waals surface area contributed by atoms with E-state index < -0.39 is 0 Å². The second kappa shape index (κ2) is 3.58. The Morgan fingerprint density at radius 3 is 2.79 bits per heavy atom. The number of hydrogen-bond acceptors (Lipinski definition) is 3. The molecular formula is C11H17N3. The topological polar surface area (TPSA) is 19.4 Å². The van der Waals surface area contributed by atoms with Gasteiger partial charge in [-0.25, -0.2) is 4.98 Å². The summed E-state index contributed by atoms with van der Waals surface area (Å²) in [5.41, 5.74) is 2.43. The third-order valence-electron chi connectivity index (χ3n) is 2.71. The average molecular weight is 191 g/mol. The zero-order valence-corrected chi connectivity index (χ0v) is 9.12. The van der Waals surface area contributed by atoms with E-state index in [0.717, 1.165) is 31.1 Å². The molecule has 0 amide bonds. The molecule has 0 bridgehead atoms. The summed E-state index contributed by atoms with van der Waals surface area (Å²) in [6.45, 7) is 5.21. The molecule has 1 aliphatic rings. The van der Waals surface area contributed by atoms with E-state index in [9.17, 15) is 0 Å². The Balaban J connectivity index is 2.42. The molecule has 3 heteroatoms. The predicted octanol–water partition coefficient (Wildman–Crippen LogP) is 1.27. The lowest BCUT2D eigenvalue weighted by atomic mass is 10.2. The van der Waals surface area contributed by atoms with E-state index in [1.165, 1.54) is 5.56 Å². The minimum absolute atomic E-state index is 1.01. The molecule has 0 aromatic carbocycles. The van der Waals surface area contributed by atoms with Crippen LogP contribution < -0.4 is 4.90 Å². The molecule has 14 heavy (non-hydrogen) atoms. The summed E-state index contributed by atoms with van der Waals surface area (Å²) >= 11 is 0. The molecule has 0 unspecified atom stereocenters. The number of pyridine rings is 1. The molecule has 0 saturated heterocycles. The highest BCUT2D eigenvalue weighted by molar-refractivity contribution is 5.47. The van der Waals surface area contributed by atoms with Gasteiger partial charge in [-0.2, -0.15) is 0 Å². The van der Waals surface area contributed by atoms with Crippen molar-refractivity contribution in [2.45, 2.75) is 13.5 Å². The fourth-order valence-corrected chi connectivity index (χ4v) is 1.82. The molecule has 2 rings (SSSR count). The number of rotatable bonds is 0. The van der Waals surface area contributed by atoms with E-state index in [0.29, 0.717) is 0 Å². The molecule has 2 heterocycles. The molecule has 76 valence electrons. The van der Waals surface area contributed by atoms with Crippen LogP contribution in [0.4, 0.5) is 5.82 Å². The van der Waals surface area contributed by atoms with E-state index in [1.54, 1.807) is 0 Å². The number of aryl methyl sites for hydroxylation is 1. The largest absolute Gasteiger partial charge is 0.358 e. The summed E-state index contributed by atoms with van der Waals surface area (Å²) in [6, 6.07) is 4.28. The van der Waals surface area contributed by atoms with Crippen molar-refractivity contribution in [2.24, 2.45) is 0 Å². The summed E-state index contributed by atoms with van der Waals surface area (Å²) in [4.78, 5) is 9.16. The molecule has 0 radical (unpaired) electrons. The number of fused-ring (bicyclic) bond motifs is 1. The molecular weight excluding hydrogens is 174 g/mol. The van der Waals surface area contributed by atoms with Crippen LogP contribution in [0.1, 0.15) is 11.3 Å². The Morgan fingerprint density at radius 1 is 1.21 bits per heavy atom. The summed E-state index contributed by atoms with van der Waals surface area (Å²) < 4.78 is 0. The van der Waals surface area contributed by atoms with Crippen LogP contribution >= 0.6 is 0 Å². The molecule has 0 atom stereocenters. The fraction of sp³-hybridized carbons (Fsp3) is 0.545. The SMILES string of the molecule is Cc1ccc2c(n1)N(C)CCN(C)C2. The molecule has 0 aliphatic carbocycles. The number of aromatic nitrogens is 1. The van der Waals surface area contributed by atoms with E-state index >= 15 is 0 Å². The monoisotopic (exact) mass is 191 g/mol. The van der Waals surface area contributed by atoms with Crippen molar-refractivity contribution in [3.8, 4) is 0 Å². The Morgan fingerprint density at radius 2 is 2.00 bits per heavy atom.